The number of nitrogens with one attached hydrogen (secondary N) is 1. The number of fused-ring (bicyclic) bond motifs is 1. The molecule has 3 heterocycles. The van der Waals surface area contributed by atoms with Gasteiger partial charge in [0.05, 0.1) is 25.0 Å². The van der Waals surface area contributed by atoms with Gasteiger partial charge in [-0.15, -0.1) is 0 Å². The Morgan fingerprint density at radius 1 is 1.38 bits per heavy atom. The second-order valence-corrected chi connectivity index (χ2v) is 7.71. The highest BCUT2D eigenvalue weighted by Crippen LogP contribution is 2.30. The molecule has 3 aliphatic rings. The van der Waals surface area contributed by atoms with Crippen molar-refractivity contribution in [1.29, 1.82) is 0 Å². The largest absolute Gasteiger partial charge is 0.459 e. The molecule has 1 aromatic heterocycles. The van der Waals surface area contributed by atoms with Crippen molar-refractivity contribution in [3.8, 4) is 0 Å². The van der Waals surface area contributed by atoms with Crippen molar-refractivity contribution in [3.63, 3.8) is 0 Å². The fourth-order valence-electron chi connectivity index (χ4n) is 3.49. The van der Waals surface area contributed by atoms with Crippen molar-refractivity contribution in [2.24, 2.45) is 0 Å². The third-order valence-electron chi connectivity index (χ3n) is 5.43. The van der Waals surface area contributed by atoms with Gasteiger partial charge in [-0.1, -0.05) is 25.1 Å². The Bertz CT molecular complexity index is 1020. The van der Waals surface area contributed by atoms with Gasteiger partial charge < -0.3 is 14.2 Å². The second-order valence-electron chi connectivity index (χ2n) is 7.71. The van der Waals surface area contributed by atoms with Crippen molar-refractivity contribution in [3.05, 3.63) is 65.0 Å². The lowest BCUT2D eigenvalue weighted by atomic mass is 10.0. The van der Waals surface area contributed by atoms with Gasteiger partial charge >= 0.3 is 5.97 Å². The topological polar surface area (TPSA) is 90.0 Å². The number of aromatic nitrogens is 1. The number of morpholine rings is 1. The summed E-state index contributed by atoms with van der Waals surface area (Å²) >= 11 is 0. The number of ketones is 1. The van der Waals surface area contributed by atoms with Crippen molar-refractivity contribution >= 4 is 23.4 Å². The molecule has 1 N–H and O–H groups in total. The van der Waals surface area contributed by atoms with Crippen molar-refractivity contribution in [2.75, 3.05) is 26.3 Å². The first-order valence-corrected chi connectivity index (χ1v) is 10.9. The van der Waals surface area contributed by atoms with E-state index in [1.165, 1.54) is 0 Å². The van der Waals surface area contributed by atoms with E-state index in [4.69, 9.17) is 14.2 Å². The van der Waals surface area contributed by atoms with E-state index in [0.29, 0.717) is 39.1 Å². The molecular weight excluding hydrogens is 410 g/mol. The molecule has 4 rings (SSSR count). The van der Waals surface area contributed by atoms with Gasteiger partial charge in [-0.05, 0) is 43.6 Å². The van der Waals surface area contributed by atoms with Crippen LogP contribution in [0.1, 0.15) is 37.9 Å². The van der Waals surface area contributed by atoms with Gasteiger partial charge in [-0.3, -0.25) is 15.2 Å². The molecule has 0 amide bonds. The predicted octanol–water partition coefficient (Wildman–Crippen LogP) is 2.76. The maximum Gasteiger partial charge on any atom is 0.348 e. The molecule has 8 heteroatoms. The number of esters is 1. The zero-order chi connectivity index (χ0) is 22.5. The molecule has 1 fully saturated rings. The molecular formula is C24H27N3O5. The summed E-state index contributed by atoms with van der Waals surface area (Å²) in [7, 11) is 0. The predicted molar refractivity (Wildman–Crippen MR) is 118 cm³/mol. The van der Waals surface area contributed by atoms with Gasteiger partial charge in [0, 0.05) is 24.8 Å². The van der Waals surface area contributed by atoms with Crippen LogP contribution in [0, 0.1) is 0 Å². The van der Waals surface area contributed by atoms with E-state index < -0.39 is 11.8 Å². The molecule has 1 atom stereocenters. The van der Waals surface area contributed by atoms with Gasteiger partial charge in [0.2, 0.25) is 11.7 Å². The number of hydrogen-bond acceptors (Lipinski definition) is 8. The molecule has 1 aromatic rings. The average molecular weight is 437 g/mol. The SMILES string of the molecule is CCC(C)OC(=O)C1=C(NN2CCOCC2)O/C(=C\C2=CCC=Cc3ncccc32)C1=O. The molecule has 1 aliphatic carbocycles. The van der Waals surface area contributed by atoms with Gasteiger partial charge in [0.1, 0.15) is 0 Å². The Morgan fingerprint density at radius 2 is 2.19 bits per heavy atom. The maximum atomic E-state index is 13.2. The number of hydrogen-bond donors (Lipinski definition) is 1. The van der Waals surface area contributed by atoms with E-state index in [0.717, 1.165) is 16.8 Å². The van der Waals surface area contributed by atoms with Crippen LogP contribution >= 0.6 is 0 Å². The average Bonchev–Trinajstić information content (AvgIpc) is 2.97. The maximum absolute atomic E-state index is 13.2. The summed E-state index contributed by atoms with van der Waals surface area (Å²) in [6.45, 7) is 6.00. The summed E-state index contributed by atoms with van der Waals surface area (Å²) < 4.78 is 16.7. The quantitative estimate of drug-likeness (QED) is 0.413. The summed E-state index contributed by atoms with van der Waals surface area (Å²) in [5, 5.41) is 1.86. The fraction of sp³-hybridized carbons (Fsp3) is 0.375. The summed E-state index contributed by atoms with van der Waals surface area (Å²) in [5.74, 6) is -1.03. The van der Waals surface area contributed by atoms with Crippen molar-refractivity contribution < 1.29 is 23.8 Å². The number of carbonyl (C=O) groups is 2. The Labute approximate surface area is 187 Å². The zero-order valence-corrected chi connectivity index (χ0v) is 18.3. The Kier molecular flexibility index (Phi) is 6.82. The lowest BCUT2D eigenvalue weighted by Crippen LogP contribution is -2.45. The van der Waals surface area contributed by atoms with Crippen LogP contribution in [0.5, 0.6) is 0 Å². The third-order valence-corrected chi connectivity index (χ3v) is 5.43. The number of nitrogens with zero attached hydrogens (tertiary/aromatic N) is 2. The first-order chi connectivity index (χ1) is 15.6. The summed E-state index contributed by atoms with van der Waals surface area (Å²) in [5.41, 5.74) is 5.47. The number of allylic oxidation sites excluding steroid dienone is 5. The van der Waals surface area contributed by atoms with Gasteiger partial charge in [-0.2, -0.15) is 0 Å². The van der Waals surface area contributed by atoms with E-state index in [-0.39, 0.29) is 23.3 Å². The van der Waals surface area contributed by atoms with E-state index >= 15 is 0 Å². The minimum absolute atomic E-state index is 0.0693. The Hall–Kier alpha value is -3.23. The van der Waals surface area contributed by atoms with Crippen LogP contribution < -0.4 is 5.43 Å². The molecule has 0 aromatic carbocycles. The minimum atomic E-state index is -0.693. The molecule has 8 nitrogen and oxygen atoms in total. The first-order valence-electron chi connectivity index (χ1n) is 10.9. The molecule has 1 saturated heterocycles. The minimum Gasteiger partial charge on any atom is -0.459 e. The number of carbonyl (C=O) groups excluding carboxylic acids is 2. The van der Waals surface area contributed by atoms with Crippen LogP contribution in [0.3, 0.4) is 0 Å². The highest BCUT2D eigenvalue weighted by Gasteiger charge is 2.38. The normalized spacial score (nSPS) is 21.0. The highest BCUT2D eigenvalue weighted by atomic mass is 16.6. The monoisotopic (exact) mass is 437 g/mol. The van der Waals surface area contributed by atoms with E-state index in [1.54, 1.807) is 19.2 Å². The lowest BCUT2D eigenvalue weighted by molar-refractivity contribution is -0.144. The molecule has 0 radical (unpaired) electrons. The van der Waals surface area contributed by atoms with Crippen molar-refractivity contribution in [2.45, 2.75) is 32.8 Å². The van der Waals surface area contributed by atoms with Gasteiger partial charge in [-0.25, -0.2) is 9.80 Å². The Morgan fingerprint density at radius 3 is 2.97 bits per heavy atom. The third kappa shape index (κ3) is 4.81. The van der Waals surface area contributed by atoms with E-state index in [9.17, 15) is 9.59 Å². The lowest BCUT2D eigenvalue weighted by Gasteiger charge is -2.28. The summed E-state index contributed by atoms with van der Waals surface area (Å²) in [6, 6.07) is 3.79. The highest BCUT2D eigenvalue weighted by molar-refractivity contribution is 6.25. The summed E-state index contributed by atoms with van der Waals surface area (Å²) in [4.78, 5) is 30.5. The van der Waals surface area contributed by atoms with Crippen LogP contribution in [0.4, 0.5) is 0 Å². The van der Waals surface area contributed by atoms with Crippen LogP contribution in [0.15, 0.2) is 53.8 Å². The zero-order valence-electron chi connectivity index (χ0n) is 18.3. The molecule has 2 aliphatic heterocycles. The molecule has 32 heavy (non-hydrogen) atoms. The van der Waals surface area contributed by atoms with Crippen LogP contribution in [-0.4, -0.2) is 54.2 Å². The van der Waals surface area contributed by atoms with Crippen molar-refractivity contribution in [1.82, 2.24) is 15.4 Å². The van der Waals surface area contributed by atoms with E-state index in [1.807, 2.05) is 42.3 Å². The van der Waals surface area contributed by atoms with Gasteiger partial charge in [0.15, 0.2) is 11.3 Å². The molecule has 168 valence electrons. The number of ether oxygens (including phenoxy) is 3. The number of rotatable bonds is 6. The van der Waals surface area contributed by atoms with Crippen LogP contribution in [0.2, 0.25) is 0 Å². The number of Topliss-reactive ketones (excluding diaryl/α,β-unsaturated/α-hetero) is 1. The summed E-state index contributed by atoms with van der Waals surface area (Å²) in [6.07, 6.45) is 10.4. The second kappa shape index (κ2) is 9.93. The fourth-order valence-corrected chi connectivity index (χ4v) is 3.49. The smallest absolute Gasteiger partial charge is 0.348 e. The number of pyridine rings is 1. The van der Waals surface area contributed by atoms with Crippen LogP contribution in [0.25, 0.3) is 11.6 Å². The standard InChI is InChI=1S/C24H27N3O5/c1-3-16(2)31-24(29)21-22(28)20(32-23(21)26-27-11-13-30-14-12-27)15-17-7-4-5-9-19-18(17)8-6-10-25-19/h5-10,15-16,26H,3-4,11-14H2,1-2H3/b20-15-. The van der Waals surface area contributed by atoms with Crippen LogP contribution in [-0.2, 0) is 23.8 Å². The first kappa shape index (κ1) is 22.0. The molecule has 1 unspecified atom stereocenters. The van der Waals surface area contributed by atoms with E-state index in [2.05, 4.69) is 10.4 Å². The molecule has 0 bridgehead atoms. The molecule has 0 saturated carbocycles. The number of hydrazine groups is 1. The molecule has 0 spiro atoms. The Balaban J connectivity index is 1.64. The van der Waals surface area contributed by atoms with Gasteiger partial charge in [0.25, 0.3) is 0 Å².